The van der Waals surface area contributed by atoms with Gasteiger partial charge in [0, 0.05) is 24.5 Å². The number of nitrogen functional groups attached to an aromatic ring is 1. The number of hydrogen-bond acceptors (Lipinski definition) is 5. The van der Waals surface area contributed by atoms with Gasteiger partial charge in [-0.3, -0.25) is 0 Å². The first-order chi connectivity index (χ1) is 9.65. The van der Waals surface area contributed by atoms with Crippen LogP contribution in [-0.4, -0.2) is 48.1 Å². The Morgan fingerprint density at radius 3 is 2.90 bits per heavy atom. The van der Waals surface area contributed by atoms with Crippen molar-refractivity contribution in [2.24, 2.45) is 0 Å². The zero-order valence-corrected chi connectivity index (χ0v) is 12.1. The molecule has 1 aliphatic heterocycles. The Bertz CT molecular complexity index is 610. The topological polar surface area (TPSA) is 58.3 Å². The van der Waals surface area contributed by atoms with E-state index in [1.54, 1.807) is 0 Å². The summed E-state index contributed by atoms with van der Waals surface area (Å²) in [4.78, 5) is 13.5. The third-order valence-corrected chi connectivity index (χ3v) is 3.83. The van der Waals surface area contributed by atoms with E-state index in [-0.39, 0.29) is 0 Å². The average Bonchev–Trinajstić information content (AvgIpc) is 2.84. The van der Waals surface area contributed by atoms with Crippen molar-refractivity contribution in [1.29, 1.82) is 0 Å². The molecule has 0 bridgehead atoms. The van der Waals surface area contributed by atoms with Crippen LogP contribution in [0.3, 0.4) is 0 Å². The van der Waals surface area contributed by atoms with E-state index in [0.29, 0.717) is 12.0 Å². The summed E-state index contributed by atoms with van der Waals surface area (Å²) in [5, 5.41) is 1.09. The standard InChI is InChI=1S/C15H21N5/c1-19(2)10-11-6-5-9-20(11)14-12-7-3-4-8-13(12)17-15(16)18-14/h3-4,7-8,11H,5-6,9-10H2,1-2H3,(H2,16,17,18). The molecule has 1 atom stereocenters. The minimum absolute atomic E-state index is 0.356. The molecule has 1 saturated heterocycles. The largest absolute Gasteiger partial charge is 0.368 e. The third kappa shape index (κ3) is 2.41. The van der Waals surface area contributed by atoms with Crippen LogP contribution in [0.4, 0.5) is 11.8 Å². The second-order valence-electron chi connectivity index (χ2n) is 5.67. The van der Waals surface area contributed by atoms with Crippen LogP contribution in [0.2, 0.25) is 0 Å². The van der Waals surface area contributed by atoms with Crippen molar-refractivity contribution in [3.63, 3.8) is 0 Å². The minimum atomic E-state index is 0.356. The number of fused-ring (bicyclic) bond motifs is 1. The molecular weight excluding hydrogens is 250 g/mol. The van der Waals surface area contributed by atoms with E-state index in [4.69, 9.17) is 5.73 Å². The normalized spacial score (nSPS) is 19.1. The minimum Gasteiger partial charge on any atom is -0.368 e. The summed E-state index contributed by atoms with van der Waals surface area (Å²) in [5.74, 6) is 1.34. The predicted octanol–water partition coefficient (Wildman–Crippen LogP) is 1.74. The van der Waals surface area contributed by atoms with E-state index in [2.05, 4.69) is 39.9 Å². The Balaban J connectivity index is 2.04. The van der Waals surface area contributed by atoms with Gasteiger partial charge in [0.1, 0.15) is 5.82 Å². The molecule has 5 heteroatoms. The molecule has 2 N–H and O–H groups in total. The highest BCUT2D eigenvalue weighted by Gasteiger charge is 2.27. The Labute approximate surface area is 119 Å². The highest BCUT2D eigenvalue weighted by Crippen LogP contribution is 2.30. The highest BCUT2D eigenvalue weighted by molar-refractivity contribution is 5.90. The van der Waals surface area contributed by atoms with Crippen molar-refractivity contribution in [2.75, 3.05) is 37.8 Å². The Kier molecular flexibility index (Phi) is 3.44. The SMILES string of the molecule is CN(C)CC1CCCN1c1nc(N)nc2ccccc12. The van der Waals surface area contributed by atoms with E-state index in [0.717, 1.165) is 29.8 Å². The number of likely N-dealkylation sites (N-methyl/N-ethyl adjacent to an activating group) is 1. The molecule has 1 fully saturated rings. The van der Waals surface area contributed by atoms with Crippen molar-refractivity contribution < 1.29 is 0 Å². The zero-order valence-electron chi connectivity index (χ0n) is 12.1. The summed E-state index contributed by atoms with van der Waals surface area (Å²) >= 11 is 0. The van der Waals surface area contributed by atoms with Gasteiger partial charge >= 0.3 is 0 Å². The smallest absolute Gasteiger partial charge is 0.222 e. The average molecular weight is 271 g/mol. The molecule has 0 saturated carbocycles. The zero-order chi connectivity index (χ0) is 14.1. The second-order valence-corrected chi connectivity index (χ2v) is 5.67. The van der Waals surface area contributed by atoms with E-state index >= 15 is 0 Å². The summed E-state index contributed by atoms with van der Waals surface area (Å²) in [6, 6.07) is 8.59. The maximum absolute atomic E-state index is 5.88. The van der Waals surface area contributed by atoms with Crippen molar-refractivity contribution >= 4 is 22.7 Å². The number of para-hydroxylation sites is 1. The van der Waals surface area contributed by atoms with Crippen molar-refractivity contribution in [1.82, 2.24) is 14.9 Å². The lowest BCUT2D eigenvalue weighted by atomic mass is 10.2. The molecule has 1 aliphatic rings. The fraction of sp³-hybridized carbons (Fsp3) is 0.467. The van der Waals surface area contributed by atoms with Crippen LogP contribution >= 0.6 is 0 Å². The molecule has 0 amide bonds. The molecule has 2 heterocycles. The molecule has 3 rings (SSSR count). The van der Waals surface area contributed by atoms with E-state index in [1.807, 2.05) is 18.2 Å². The van der Waals surface area contributed by atoms with E-state index in [9.17, 15) is 0 Å². The number of nitrogens with two attached hydrogens (primary N) is 1. The van der Waals surface area contributed by atoms with Gasteiger partial charge in [-0.1, -0.05) is 12.1 Å². The molecule has 0 aliphatic carbocycles. The summed E-state index contributed by atoms with van der Waals surface area (Å²) in [6.07, 6.45) is 2.41. The molecule has 106 valence electrons. The van der Waals surface area contributed by atoms with Crippen LogP contribution in [0.5, 0.6) is 0 Å². The van der Waals surface area contributed by atoms with Crippen LogP contribution in [0.1, 0.15) is 12.8 Å². The first-order valence-corrected chi connectivity index (χ1v) is 7.09. The summed E-state index contributed by atoms with van der Waals surface area (Å²) < 4.78 is 0. The van der Waals surface area contributed by atoms with Crippen LogP contribution in [-0.2, 0) is 0 Å². The molecule has 1 unspecified atom stereocenters. The monoisotopic (exact) mass is 271 g/mol. The molecule has 0 spiro atoms. The van der Waals surface area contributed by atoms with Crippen LogP contribution in [0.15, 0.2) is 24.3 Å². The van der Waals surface area contributed by atoms with E-state index < -0.39 is 0 Å². The predicted molar refractivity (Wildman–Crippen MR) is 82.9 cm³/mol. The van der Waals surface area contributed by atoms with Gasteiger partial charge in [0.25, 0.3) is 0 Å². The van der Waals surface area contributed by atoms with Gasteiger partial charge in [0.15, 0.2) is 0 Å². The third-order valence-electron chi connectivity index (χ3n) is 3.83. The number of hydrogen-bond donors (Lipinski definition) is 1. The lowest BCUT2D eigenvalue weighted by Gasteiger charge is -2.29. The summed E-state index contributed by atoms with van der Waals surface area (Å²) in [5.41, 5.74) is 6.80. The molecular formula is C15H21N5. The molecule has 1 aromatic carbocycles. The second kappa shape index (κ2) is 5.25. The maximum Gasteiger partial charge on any atom is 0.222 e. The summed E-state index contributed by atoms with van der Waals surface area (Å²) in [6.45, 7) is 2.08. The van der Waals surface area contributed by atoms with Gasteiger partial charge in [-0.15, -0.1) is 0 Å². The van der Waals surface area contributed by atoms with Crippen molar-refractivity contribution in [3.05, 3.63) is 24.3 Å². The summed E-state index contributed by atoms with van der Waals surface area (Å²) in [7, 11) is 4.23. The van der Waals surface area contributed by atoms with Gasteiger partial charge in [-0.2, -0.15) is 4.98 Å². The van der Waals surface area contributed by atoms with Gasteiger partial charge in [0.05, 0.1) is 5.52 Å². The lowest BCUT2D eigenvalue weighted by molar-refractivity contribution is 0.372. The van der Waals surface area contributed by atoms with Gasteiger partial charge in [0.2, 0.25) is 5.95 Å². The van der Waals surface area contributed by atoms with Gasteiger partial charge < -0.3 is 15.5 Å². The van der Waals surface area contributed by atoms with Crippen LogP contribution in [0.25, 0.3) is 10.9 Å². The van der Waals surface area contributed by atoms with E-state index in [1.165, 1.54) is 12.8 Å². The first-order valence-electron chi connectivity index (χ1n) is 7.09. The van der Waals surface area contributed by atoms with Gasteiger partial charge in [-0.05, 0) is 39.1 Å². The Hall–Kier alpha value is -1.88. The fourth-order valence-corrected chi connectivity index (χ4v) is 3.02. The van der Waals surface area contributed by atoms with Crippen molar-refractivity contribution in [3.8, 4) is 0 Å². The van der Waals surface area contributed by atoms with Crippen LogP contribution in [0, 0.1) is 0 Å². The molecule has 1 aromatic heterocycles. The number of benzene rings is 1. The lowest BCUT2D eigenvalue weighted by Crippen LogP contribution is -2.38. The number of aromatic nitrogens is 2. The Morgan fingerprint density at radius 2 is 2.10 bits per heavy atom. The maximum atomic E-state index is 5.88. The fourth-order valence-electron chi connectivity index (χ4n) is 3.02. The highest BCUT2D eigenvalue weighted by atomic mass is 15.3. The number of anilines is 2. The molecule has 20 heavy (non-hydrogen) atoms. The molecule has 5 nitrogen and oxygen atoms in total. The number of nitrogens with zero attached hydrogens (tertiary/aromatic N) is 4. The van der Waals surface area contributed by atoms with Crippen LogP contribution < -0.4 is 10.6 Å². The first kappa shape index (κ1) is 13.1. The van der Waals surface area contributed by atoms with Crippen molar-refractivity contribution in [2.45, 2.75) is 18.9 Å². The molecule has 2 aromatic rings. The number of rotatable bonds is 3. The van der Waals surface area contributed by atoms with Gasteiger partial charge in [-0.25, -0.2) is 4.98 Å². The quantitative estimate of drug-likeness (QED) is 0.921. The Morgan fingerprint density at radius 1 is 1.30 bits per heavy atom. The molecule has 0 radical (unpaired) electrons.